The third-order valence-electron chi connectivity index (χ3n) is 23.3. The summed E-state index contributed by atoms with van der Waals surface area (Å²) in [5.41, 5.74) is 7.83. The van der Waals surface area contributed by atoms with E-state index < -0.39 is 62.5 Å². The molecule has 3 fully saturated rings. The third kappa shape index (κ3) is 20.6. The molecule has 738 valence electrons. The van der Waals surface area contributed by atoms with Gasteiger partial charge in [0.2, 0.25) is 29.1 Å². The molecule has 2 saturated carbocycles. The van der Waals surface area contributed by atoms with Crippen molar-refractivity contribution in [3.63, 3.8) is 0 Å². The molecule has 1 atom stereocenters. The van der Waals surface area contributed by atoms with Crippen molar-refractivity contribution >= 4 is 9.84 Å². The summed E-state index contributed by atoms with van der Waals surface area (Å²) in [7, 11) is -0.319. The summed E-state index contributed by atoms with van der Waals surface area (Å²) >= 11 is 0. The van der Waals surface area contributed by atoms with E-state index in [1.54, 1.807) is 152 Å². The topological polar surface area (TPSA) is 436 Å². The second-order valence-corrected chi connectivity index (χ2v) is 35.0. The SMILES string of the molecule is COCc1c(-c2nc(-c3cccc(S(C)(=O)=O)c3)no2)nnn1-c1ccccc1F.COc1cccc(-c2noc(-c3nnn(-c4ccccc4F)c3-c3ccccn3)n2)c1.Fc1ccc(F)c(-c2noc(-c3nnn(-c4ccccc4F)c3C3CC3)n2)c1.Fc1ccc(F)c(-c2noc(-c3nnn(-c4ccccc4F)c3C3CCCO3)n2)c1.Fc1ccccc1-n1nnc(-c2nc(-c3ccncc3)no2)c1C1CCCC1. The highest BCUT2D eigenvalue weighted by Gasteiger charge is 2.38. The first-order valence-electron chi connectivity index (χ1n) is 45.2. The van der Waals surface area contributed by atoms with Gasteiger partial charge in [0.05, 0.1) is 46.8 Å². The lowest BCUT2D eigenvalue weighted by Crippen LogP contribution is -2.09. The lowest BCUT2D eigenvalue weighted by Gasteiger charge is -2.13. The number of halogens is 9. The molecule has 1 aliphatic heterocycles. The van der Waals surface area contributed by atoms with Gasteiger partial charge in [-0.15, -0.1) is 25.5 Å². The van der Waals surface area contributed by atoms with Gasteiger partial charge in [-0.1, -0.05) is 156 Å². The number of ether oxygens (including phenoxy) is 3. The monoisotopic (exact) mass is 2020 g/mol. The first-order chi connectivity index (χ1) is 71.7. The Labute approximate surface area is 824 Å². The van der Waals surface area contributed by atoms with Crippen molar-refractivity contribution in [2.45, 2.75) is 80.8 Å². The Balaban J connectivity index is 0.000000112. The van der Waals surface area contributed by atoms with Crippen LogP contribution in [0.1, 0.15) is 92.1 Å². The predicted molar refractivity (Wildman–Crippen MR) is 503 cm³/mol. The first-order valence-corrected chi connectivity index (χ1v) is 47.1. The molecule has 3 aliphatic rings. The van der Waals surface area contributed by atoms with Crippen LogP contribution >= 0.6 is 0 Å². The summed E-state index contributed by atoms with van der Waals surface area (Å²) in [6, 6.07) is 59.7. The van der Waals surface area contributed by atoms with Gasteiger partial charge in [0.15, 0.2) is 38.3 Å². The van der Waals surface area contributed by atoms with Gasteiger partial charge in [-0.3, -0.25) is 9.97 Å². The van der Waals surface area contributed by atoms with Crippen LogP contribution < -0.4 is 4.74 Å². The molecule has 9 aromatic carbocycles. The van der Waals surface area contributed by atoms with Crippen LogP contribution in [0.4, 0.5) is 39.5 Å². The normalized spacial score (nSPS) is 13.4. The Morgan fingerprint density at radius 1 is 0.361 bits per heavy atom. The molecule has 1 unspecified atom stereocenters. The lowest BCUT2D eigenvalue weighted by molar-refractivity contribution is 0.107. The van der Waals surface area contributed by atoms with E-state index >= 15 is 0 Å². The minimum atomic E-state index is -3.39. The minimum Gasteiger partial charge on any atom is -0.497 e. The Bertz CT molecular complexity index is 8410. The van der Waals surface area contributed by atoms with Crippen LogP contribution in [-0.2, 0) is 25.9 Å². The van der Waals surface area contributed by atoms with Gasteiger partial charge in [-0.2, -0.15) is 24.9 Å². The standard InChI is InChI=1S/C22H15FN6O2.C20H14F3N5O2.C20H17FN6O.C19H12F3N5O.C19H16FN5O4S/c1-30-15-8-6-7-14(13-15)21-25-22(31-27-21)19-20(17-10-4-5-12-24-17)29(28-26-19)18-11-3-2-9-16(18)23;21-11-7-8-13(22)12(10-11)19-24-20(30-26-19)17-18(16-6-3-9-29-16)28(27-25-17)15-5-2-1-4-14(15)23;21-15-7-3-4-8-16(15)27-18(13-5-1-2-6-13)17(24-26-27)20-23-19(25-28-20)14-9-11-22-12-10-14;20-11-7-8-13(21)12(9-11)18-23-19(28-25-18)16-17(10-5-6-10)27(26-24-16)15-4-2-1-3-14(15)22;1-28-11-16-17(22-24-25(16)15-9-4-3-8-14(15)20)19-21-18(23-29-19)12-6-5-7-13(10-12)30(2,26)27/h2-13H,1H3;1-2,4-5,7-8,10,16H,3,6,9H2;3-4,7-13H,1-2,5-6H2;1-4,7-10H,5-6H2;3-10H,11H2,1-2H3. The molecular formula is C100H74F9N27O10S. The van der Waals surface area contributed by atoms with Crippen molar-refractivity contribution in [3.05, 3.63) is 330 Å². The minimum absolute atomic E-state index is 0.0168. The molecule has 37 nitrogen and oxygen atoms in total. The third-order valence-corrected chi connectivity index (χ3v) is 24.5. The average molecular weight is 2020 g/mol. The maximum atomic E-state index is 14.5. The quantitative estimate of drug-likeness (QED) is 0.0537. The second kappa shape index (κ2) is 42.5. The van der Waals surface area contributed by atoms with E-state index in [-0.39, 0.29) is 121 Å². The number of methoxy groups -OCH3 is 2. The Kier molecular flexibility index (Phi) is 27.8. The van der Waals surface area contributed by atoms with Crippen molar-refractivity contribution in [1.82, 2.24) is 136 Å². The predicted octanol–water partition coefficient (Wildman–Crippen LogP) is 19.6. The summed E-state index contributed by atoms with van der Waals surface area (Å²) in [5, 5.41) is 60.8. The second-order valence-electron chi connectivity index (χ2n) is 33.0. The van der Waals surface area contributed by atoms with Crippen LogP contribution in [0.2, 0.25) is 0 Å². The van der Waals surface area contributed by atoms with Crippen LogP contribution in [-0.4, -0.2) is 171 Å². The van der Waals surface area contributed by atoms with E-state index in [0.717, 1.165) is 104 Å². The summed E-state index contributed by atoms with van der Waals surface area (Å²) < 4.78 is 201. The van der Waals surface area contributed by atoms with Gasteiger partial charge in [0.25, 0.3) is 29.5 Å². The molecule has 13 heterocycles. The maximum Gasteiger partial charge on any atom is 0.281 e. The van der Waals surface area contributed by atoms with E-state index in [2.05, 4.69) is 112 Å². The van der Waals surface area contributed by atoms with Gasteiger partial charge in [-0.05, 0) is 184 Å². The number of para-hydroxylation sites is 5. The molecule has 47 heteroatoms. The number of pyridine rings is 2. The molecule has 0 amide bonds. The number of aromatic nitrogens is 27. The molecule has 1 saturated heterocycles. The van der Waals surface area contributed by atoms with Crippen molar-refractivity contribution < 1.29 is 84.8 Å². The largest absolute Gasteiger partial charge is 0.497 e. The Morgan fingerprint density at radius 3 is 1.24 bits per heavy atom. The van der Waals surface area contributed by atoms with Crippen LogP contribution in [0.3, 0.4) is 0 Å². The number of hydrogen-bond donors (Lipinski definition) is 0. The number of hydrogen-bond acceptors (Lipinski definition) is 32. The van der Waals surface area contributed by atoms with E-state index in [1.807, 2.05) is 36.4 Å². The Morgan fingerprint density at radius 2 is 0.769 bits per heavy atom. The van der Waals surface area contributed by atoms with Crippen molar-refractivity contribution in [2.24, 2.45) is 0 Å². The Hall–Kier alpha value is -18.3. The van der Waals surface area contributed by atoms with Gasteiger partial charge in [0, 0.05) is 67.1 Å². The van der Waals surface area contributed by atoms with Crippen LogP contribution in [0, 0.1) is 52.4 Å². The highest BCUT2D eigenvalue weighted by atomic mass is 32.2. The number of benzene rings is 9. The highest BCUT2D eigenvalue weighted by Crippen LogP contribution is 2.46. The van der Waals surface area contributed by atoms with Crippen LogP contribution in [0.15, 0.2) is 283 Å². The fourth-order valence-corrected chi connectivity index (χ4v) is 16.9. The number of rotatable bonds is 23. The van der Waals surface area contributed by atoms with E-state index in [4.69, 9.17) is 36.8 Å². The molecular weight excluding hydrogens is 1940 g/mol. The van der Waals surface area contributed by atoms with Gasteiger partial charge in [0.1, 0.15) is 110 Å². The fraction of sp³-hybridized carbons (Fsp3) is 0.160. The summed E-state index contributed by atoms with van der Waals surface area (Å²) in [5.74, 6) is -2.60. The zero-order valence-corrected chi connectivity index (χ0v) is 77.8. The molecule has 0 spiro atoms. The number of sulfone groups is 1. The van der Waals surface area contributed by atoms with Crippen molar-refractivity contribution in [2.75, 3.05) is 27.1 Å². The molecule has 147 heavy (non-hydrogen) atoms. The average Bonchev–Trinajstić information content (AvgIpc) is 1.68. The summed E-state index contributed by atoms with van der Waals surface area (Å²) in [6.45, 7) is 0.605. The molecule has 12 aromatic heterocycles. The van der Waals surface area contributed by atoms with Gasteiger partial charge < -0.3 is 36.8 Å². The molecule has 21 aromatic rings. The van der Waals surface area contributed by atoms with Gasteiger partial charge in [-0.25, -0.2) is 71.3 Å². The lowest BCUT2D eigenvalue weighted by atomic mass is 10.0. The molecule has 0 bridgehead atoms. The van der Waals surface area contributed by atoms with E-state index in [9.17, 15) is 47.9 Å². The van der Waals surface area contributed by atoms with E-state index in [0.29, 0.717) is 87.2 Å². The zero-order valence-electron chi connectivity index (χ0n) is 77.0. The van der Waals surface area contributed by atoms with Crippen molar-refractivity contribution in [3.8, 4) is 160 Å². The van der Waals surface area contributed by atoms with E-state index in [1.165, 1.54) is 68.3 Å². The smallest absolute Gasteiger partial charge is 0.281 e. The molecule has 0 N–H and O–H groups in total. The fourth-order valence-electron chi connectivity index (χ4n) is 16.2. The van der Waals surface area contributed by atoms with Crippen LogP contribution in [0.5, 0.6) is 5.75 Å². The molecule has 0 radical (unpaired) electrons. The summed E-state index contributed by atoms with van der Waals surface area (Å²) in [6.07, 6.45) is 13.2. The van der Waals surface area contributed by atoms with Crippen LogP contribution in [0.25, 0.3) is 155 Å². The summed E-state index contributed by atoms with van der Waals surface area (Å²) in [4.78, 5) is 30.1. The molecule has 2 aliphatic carbocycles. The molecule has 24 rings (SSSR count). The van der Waals surface area contributed by atoms with Crippen molar-refractivity contribution in [1.29, 1.82) is 0 Å². The zero-order chi connectivity index (χ0) is 101. The first kappa shape index (κ1) is 96.2. The number of nitrogens with zero attached hydrogens (tertiary/aromatic N) is 27. The maximum absolute atomic E-state index is 14.5. The highest BCUT2D eigenvalue weighted by molar-refractivity contribution is 7.90. The van der Waals surface area contributed by atoms with Gasteiger partial charge >= 0.3 is 0 Å².